The molecule has 2 rings (SSSR count). The van der Waals surface area contributed by atoms with Gasteiger partial charge in [-0.05, 0) is 37.3 Å². The number of hydrogen-bond acceptors (Lipinski definition) is 4. The minimum Gasteiger partial charge on any atom is -0.426 e. The summed E-state index contributed by atoms with van der Waals surface area (Å²) in [4.78, 5) is 23.1. The molecule has 23 heavy (non-hydrogen) atoms. The van der Waals surface area contributed by atoms with Crippen LogP contribution in [0.4, 0.5) is 0 Å². The van der Waals surface area contributed by atoms with Crippen molar-refractivity contribution in [1.29, 1.82) is 0 Å². The van der Waals surface area contributed by atoms with E-state index in [0.29, 0.717) is 16.9 Å². The van der Waals surface area contributed by atoms with Crippen LogP contribution in [0.1, 0.15) is 28.4 Å². The molecule has 0 radical (unpaired) electrons. The molecule has 0 aromatic heterocycles. The van der Waals surface area contributed by atoms with Crippen molar-refractivity contribution in [3.05, 3.63) is 63.6 Å². The molecular weight excluding hydrogens is 360 g/mol. The Bertz CT molecular complexity index is 772. The number of ether oxygens (including phenoxy) is 1. The van der Waals surface area contributed by atoms with Gasteiger partial charge in [0.1, 0.15) is 5.75 Å². The predicted molar refractivity (Wildman–Crippen MR) is 91.7 cm³/mol. The Morgan fingerprint density at radius 1 is 1.22 bits per heavy atom. The monoisotopic (exact) mass is 374 g/mol. The second kappa shape index (κ2) is 7.69. The van der Waals surface area contributed by atoms with Gasteiger partial charge in [0.25, 0.3) is 5.91 Å². The summed E-state index contributed by atoms with van der Waals surface area (Å²) in [6, 6.07) is 12.3. The van der Waals surface area contributed by atoms with Crippen molar-refractivity contribution >= 4 is 34.0 Å². The quantitative estimate of drug-likeness (QED) is 0.385. The van der Waals surface area contributed by atoms with E-state index in [4.69, 9.17) is 4.74 Å². The van der Waals surface area contributed by atoms with Crippen LogP contribution >= 0.6 is 15.9 Å². The van der Waals surface area contributed by atoms with Crippen LogP contribution in [0.3, 0.4) is 0 Å². The van der Waals surface area contributed by atoms with Crippen LogP contribution in [-0.2, 0) is 4.79 Å². The molecule has 2 aromatic carbocycles. The molecule has 6 heteroatoms. The van der Waals surface area contributed by atoms with Crippen LogP contribution in [0.2, 0.25) is 0 Å². The number of esters is 1. The van der Waals surface area contributed by atoms with Crippen molar-refractivity contribution in [3.63, 3.8) is 0 Å². The Hall–Kier alpha value is -2.47. The third-order valence-corrected chi connectivity index (χ3v) is 3.37. The Morgan fingerprint density at radius 2 is 2.00 bits per heavy atom. The molecule has 0 saturated heterocycles. The smallest absolute Gasteiger partial charge is 0.308 e. The number of carbonyl (C=O) groups is 2. The Balaban J connectivity index is 2.12. The topological polar surface area (TPSA) is 67.8 Å². The molecule has 5 nitrogen and oxygen atoms in total. The average Bonchev–Trinajstić information content (AvgIpc) is 2.49. The molecule has 1 N–H and O–H groups in total. The van der Waals surface area contributed by atoms with Gasteiger partial charge in [-0.3, -0.25) is 9.59 Å². The summed E-state index contributed by atoms with van der Waals surface area (Å²) in [6.45, 7) is 3.23. The van der Waals surface area contributed by atoms with Gasteiger partial charge < -0.3 is 4.74 Å². The second-order valence-electron chi connectivity index (χ2n) is 4.84. The normalized spacial score (nSPS) is 10.6. The average molecular weight is 375 g/mol. The van der Waals surface area contributed by atoms with E-state index in [1.807, 2.05) is 13.0 Å². The number of hydrogen-bond donors (Lipinski definition) is 1. The molecule has 0 atom stereocenters. The van der Waals surface area contributed by atoms with E-state index >= 15 is 0 Å². The van der Waals surface area contributed by atoms with Crippen LogP contribution in [0, 0.1) is 6.92 Å². The van der Waals surface area contributed by atoms with Gasteiger partial charge in [0.2, 0.25) is 0 Å². The van der Waals surface area contributed by atoms with Gasteiger partial charge in [-0.25, -0.2) is 5.43 Å². The van der Waals surface area contributed by atoms with Gasteiger partial charge in [-0.15, -0.1) is 0 Å². The van der Waals surface area contributed by atoms with E-state index in [-0.39, 0.29) is 5.91 Å². The first-order valence-corrected chi connectivity index (χ1v) is 7.63. The zero-order valence-corrected chi connectivity index (χ0v) is 14.3. The number of benzene rings is 2. The first kappa shape index (κ1) is 16.9. The lowest BCUT2D eigenvalue weighted by Crippen LogP contribution is -2.17. The summed E-state index contributed by atoms with van der Waals surface area (Å²) in [6.07, 6.45) is 1.43. The summed E-state index contributed by atoms with van der Waals surface area (Å²) in [5, 5.41) is 3.92. The van der Waals surface area contributed by atoms with Crippen LogP contribution < -0.4 is 10.2 Å². The van der Waals surface area contributed by atoms with Crippen LogP contribution in [0.15, 0.2) is 52.0 Å². The lowest BCUT2D eigenvalue weighted by Gasteiger charge is -2.06. The second-order valence-corrected chi connectivity index (χ2v) is 5.76. The van der Waals surface area contributed by atoms with Crippen molar-refractivity contribution in [2.75, 3.05) is 0 Å². The van der Waals surface area contributed by atoms with Gasteiger partial charge >= 0.3 is 5.97 Å². The summed E-state index contributed by atoms with van der Waals surface area (Å²) >= 11 is 3.34. The zero-order valence-electron chi connectivity index (χ0n) is 12.7. The Labute approximate surface area is 142 Å². The number of amides is 1. The summed E-state index contributed by atoms with van der Waals surface area (Å²) < 4.78 is 5.90. The summed E-state index contributed by atoms with van der Waals surface area (Å²) in [5.41, 5.74) is 4.53. The zero-order chi connectivity index (χ0) is 16.8. The number of nitrogens with zero attached hydrogens (tertiary/aromatic N) is 1. The third kappa shape index (κ3) is 5.03. The molecule has 0 unspecified atom stereocenters. The molecule has 0 aliphatic carbocycles. The third-order valence-electron chi connectivity index (χ3n) is 2.88. The Kier molecular flexibility index (Phi) is 5.65. The van der Waals surface area contributed by atoms with Gasteiger partial charge in [0, 0.05) is 22.5 Å². The standard InChI is InChI=1S/C17H15BrN2O3/c1-11-4-3-5-13(8-11)17(22)20-19-10-14-9-15(18)6-7-16(14)23-12(2)21/h3-10H,1-2H3,(H,20,22). The maximum absolute atomic E-state index is 12.0. The van der Waals surface area contributed by atoms with Crippen molar-refractivity contribution in [2.24, 2.45) is 5.10 Å². The predicted octanol–water partition coefficient (Wildman–Crippen LogP) is 3.45. The van der Waals surface area contributed by atoms with Crippen molar-refractivity contribution < 1.29 is 14.3 Å². The minimum absolute atomic E-state index is 0.311. The van der Waals surface area contributed by atoms with Crippen LogP contribution in [0.5, 0.6) is 5.75 Å². The maximum atomic E-state index is 12.0. The van der Waals surface area contributed by atoms with Gasteiger partial charge in [-0.1, -0.05) is 33.6 Å². The molecular formula is C17H15BrN2O3. The Morgan fingerprint density at radius 3 is 2.70 bits per heavy atom. The van der Waals surface area contributed by atoms with E-state index in [1.165, 1.54) is 13.1 Å². The number of carbonyl (C=O) groups excluding carboxylic acids is 2. The lowest BCUT2D eigenvalue weighted by atomic mass is 10.1. The highest BCUT2D eigenvalue weighted by Crippen LogP contribution is 2.21. The number of aryl methyl sites for hydroxylation is 1. The van der Waals surface area contributed by atoms with Gasteiger partial charge in [0.05, 0.1) is 6.21 Å². The maximum Gasteiger partial charge on any atom is 0.308 e. The van der Waals surface area contributed by atoms with E-state index in [2.05, 4.69) is 26.5 Å². The molecule has 0 saturated carbocycles. The van der Waals surface area contributed by atoms with Crippen molar-refractivity contribution in [1.82, 2.24) is 5.43 Å². The highest BCUT2D eigenvalue weighted by Gasteiger charge is 2.06. The van der Waals surface area contributed by atoms with E-state index in [0.717, 1.165) is 10.0 Å². The first-order chi connectivity index (χ1) is 11.0. The van der Waals surface area contributed by atoms with Gasteiger partial charge in [0.15, 0.2) is 0 Å². The SMILES string of the molecule is CC(=O)Oc1ccc(Br)cc1C=NNC(=O)c1cccc(C)c1. The number of halogens is 1. The number of nitrogens with one attached hydrogen (secondary N) is 1. The van der Waals surface area contributed by atoms with E-state index in [1.54, 1.807) is 36.4 Å². The highest BCUT2D eigenvalue weighted by molar-refractivity contribution is 9.10. The molecule has 0 bridgehead atoms. The fourth-order valence-electron chi connectivity index (χ4n) is 1.88. The number of hydrazone groups is 1. The van der Waals surface area contributed by atoms with Crippen molar-refractivity contribution in [2.45, 2.75) is 13.8 Å². The highest BCUT2D eigenvalue weighted by atomic mass is 79.9. The summed E-state index contributed by atoms with van der Waals surface area (Å²) in [5.74, 6) is -0.367. The molecule has 0 heterocycles. The molecule has 0 aliphatic rings. The number of rotatable bonds is 4. The molecule has 2 aromatic rings. The van der Waals surface area contributed by atoms with Crippen LogP contribution in [0.25, 0.3) is 0 Å². The molecule has 118 valence electrons. The molecule has 1 amide bonds. The van der Waals surface area contributed by atoms with E-state index < -0.39 is 5.97 Å². The first-order valence-electron chi connectivity index (χ1n) is 6.84. The fraction of sp³-hybridized carbons (Fsp3) is 0.118. The molecule has 0 aliphatic heterocycles. The largest absolute Gasteiger partial charge is 0.426 e. The molecule has 0 fully saturated rings. The van der Waals surface area contributed by atoms with Crippen molar-refractivity contribution in [3.8, 4) is 5.75 Å². The lowest BCUT2D eigenvalue weighted by molar-refractivity contribution is -0.131. The van der Waals surface area contributed by atoms with Gasteiger partial charge in [-0.2, -0.15) is 5.10 Å². The summed E-state index contributed by atoms with van der Waals surface area (Å²) in [7, 11) is 0. The van der Waals surface area contributed by atoms with E-state index in [9.17, 15) is 9.59 Å². The molecule has 0 spiro atoms. The fourth-order valence-corrected chi connectivity index (χ4v) is 2.26. The minimum atomic E-state index is -0.425. The van der Waals surface area contributed by atoms with Crippen LogP contribution in [-0.4, -0.2) is 18.1 Å².